The number of hydrogen-bond donors (Lipinski definition) is 1. The summed E-state index contributed by atoms with van der Waals surface area (Å²) in [6, 6.07) is 14.6. The highest BCUT2D eigenvalue weighted by molar-refractivity contribution is 6.46. The van der Waals surface area contributed by atoms with Crippen LogP contribution in [-0.2, 0) is 16.1 Å². The van der Waals surface area contributed by atoms with Crippen LogP contribution in [0.4, 0.5) is 0 Å². The molecule has 1 aromatic heterocycles. The molecule has 1 atom stereocenters. The number of ether oxygens (including phenoxy) is 2. The number of carbonyl (C=O) groups is 2. The van der Waals surface area contributed by atoms with Gasteiger partial charge in [0.15, 0.2) is 11.5 Å². The minimum Gasteiger partial charge on any atom is -0.507 e. The summed E-state index contributed by atoms with van der Waals surface area (Å²) < 4.78 is 11.1. The van der Waals surface area contributed by atoms with Crippen LogP contribution < -0.4 is 9.47 Å². The molecule has 0 unspecified atom stereocenters. The van der Waals surface area contributed by atoms with Gasteiger partial charge in [0.25, 0.3) is 11.7 Å². The zero-order valence-corrected chi connectivity index (χ0v) is 18.2. The fourth-order valence-electron chi connectivity index (χ4n) is 4.07. The second-order valence-electron chi connectivity index (χ2n) is 7.70. The number of aliphatic hydroxyl groups is 1. The van der Waals surface area contributed by atoms with E-state index in [9.17, 15) is 14.7 Å². The lowest BCUT2D eigenvalue weighted by molar-refractivity contribution is -0.140. The molecule has 1 amide bonds. The summed E-state index contributed by atoms with van der Waals surface area (Å²) in [5, 5.41) is 11.7. The van der Waals surface area contributed by atoms with Crippen molar-refractivity contribution in [1.82, 2.24) is 9.88 Å². The van der Waals surface area contributed by atoms with E-state index in [-0.39, 0.29) is 17.9 Å². The maximum atomic E-state index is 13.2. The summed E-state index contributed by atoms with van der Waals surface area (Å²) in [5.74, 6) is -0.704. The number of amides is 1. The predicted molar refractivity (Wildman–Crippen MR) is 121 cm³/mol. The van der Waals surface area contributed by atoms with Crippen molar-refractivity contribution in [1.29, 1.82) is 0 Å². The Morgan fingerprint density at radius 2 is 1.82 bits per heavy atom. The van der Waals surface area contributed by atoms with Gasteiger partial charge in [0, 0.05) is 29.5 Å². The van der Waals surface area contributed by atoms with Crippen LogP contribution in [0, 0.1) is 0 Å². The smallest absolute Gasteiger partial charge is 0.295 e. The molecule has 0 aliphatic carbocycles. The molecule has 1 fully saturated rings. The number of aromatic nitrogens is 1. The maximum absolute atomic E-state index is 13.2. The number of nitrogens with zero attached hydrogens (tertiary/aromatic N) is 2. The number of benzene rings is 2. The third kappa shape index (κ3) is 3.91. The van der Waals surface area contributed by atoms with Gasteiger partial charge in [-0.05, 0) is 47.5 Å². The molecule has 8 heteroatoms. The van der Waals surface area contributed by atoms with Gasteiger partial charge in [0.05, 0.1) is 11.6 Å². The van der Waals surface area contributed by atoms with E-state index >= 15 is 0 Å². The maximum Gasteiger partial charge on any atom is 0.295 e. The summed E-state index contributed by atoms with van der Waals surface area (Å²) >= 11 is 6.06. The van der Waals surface area contributed by atoms with Crippen molar-refractivity contribution in [2.45, 2.75) is 12.6 Å². The van der Waals surface area contributed by atoms with Crippen LogP contribution in [-0.4, -0.2) is 39.9 Å². The molecule has 0 saturated carbocycles. The van der Waals surface area contributed by atoms with Crippen LogP contribution >= 0.6 is 11.6 Å². The van der Waals surface area contributed by atoms with Crippen LogP contribution in [0.25, 0.3) is 5.76 Å². The first-order chi connectivity index (χ1) is 16.0. The van der Waals surface area contributed by atoms with Gasteiger partial charge in [-0.1, -0.05) is 29.8 Å². The number of aliphatic hydroxyl groups excluding tert-OH is 1. The van der Waals surface area contributed by atoms with Crippen molar-refractivity contribution in [3.8, 4) is 11.5 Å². The van der Waals surface area contributed by atoms with Crippen molar-refractivity contribution in [2.24, 2.45) is 0 Å². The lowest BCUT2D eigenvalue weighted by atomic mass is 9.95. The van der Waals surface area contributed by atoms with E-state index in [0.29, 0.717) is 40.9 Å². The van der Waals surface area contributed by atoms with E-state index < -0.39 is 17.7 Å². The summed E-state index contributed by atoms with van der Waals surface area (Å²) in [7, 11) is 0. The largest absolute Gasteiger partial charge is 0.507 e. The molecule has 7 nitrogen and oxygen atoms in total. The molecule has 0 spiro atoms. The van der Waals surface area contributed by atoms with Gasteiger partial charge in [0.2, 0.25) is 0 Å². The Morgan fingerprint density at radius 1 is 1.06 bits per heavy atom. The van der Waals surface area contributed by atoms with Gasteiger partial charge in [-0.3, -0.25) is 14.6 Å². The molecule has 1 saturated heterocycles. The van der Waals surface area contributed by atoms with Gasteiger partial charge in [-0.25, -0.2) is 0 Å². The van der Waals surface area contributed by atoms with Crippen molar-refractivity contribution < 1.29 is 24.2 Å². The Kier molecular flexibility index (Phi) is 5.48. The topological polar surface area (TPSA) is 89.0 Å². The van der Waals surface area contributed by atoms with Gasteiger partial charge in [0.1, 0.15) is 19.0 Å². The molecule has 33 heavy (non-hydrogen) atoms. The summed E-state index contributed by atoms with van der Waals surface area (Å²) in [6.07, 6.45) is 3.27. The van der Waals surface area contributed by atoms with Gasteiger partial charge >= 0.3 is 0 Å². The molecule has 0 bridgehead atoms. The van der Waals surface area contributed by atoms with E-state index in [1.165, 1.54) is 4.90 Å². The number of ketones is 1. The second-order valence-corrected chi connectivity index (χ2v) is 8.13. The van der Waals surface area contributed by atoms with Crippen LogP contribution in [0.5, 0.6) is 11.5 Å². The Bertz CT molecular complexity index is 1260. The lowest BCUT2D eigenvalue weighted by Gasteiger charge is -2.25. The number of Topliss-reactive ketones (excluding diaryl/α,β-unsaturated/α-hetero) is 1. The first kappa shape index (κ1) is 21.0. The molecule has 3 aromatic rings. The second kappa shape index (κ2) is 8.60. The Balaban J connectivity index is 1.63. The first-order valence-corrected chi connectivity index (χ1v) is 10.7. The number of fused-ring (bicyclic) bond motifs is 1. The zero-order chi connectivity index (χ0) is 22.9. The number of carbonyl (C=O) groups excluding carboxylic acids is 2. The standard InChI is InChI=1S/C25H19ClN2O5/c26-18-6-3-16(4-7-18)22-21(23(29)17-5-8-19-20(12-17)33-11-10-32-19)24(30)25(31)28(22)14-15-2-1-9-27-13-15/h1-9,12-13,22,29H,10-11,14H2/t22-/m0/s1. The van der Waals surface area contributed by atoms with E-state index in [1.54, 1.807) is 60.9 Å². The summed E-state index contributed by atoms with van der Waals surface area (Å²) in [4.78, 5) is 31.8. The third-order valence-electron chi connectivity index (χ3n) is 5.62. The van der Waals surface area contributed by atoms with Crippen LogP contribution in [0.2, 0.25) is 5.02 Å². The molecule has 2 aromatic carbocycles. The van der Waals surface area contributed by atoms with Crippen LogP contribution in [0.1, 0.15) is 22.7 Å². The van der Waals surface area contributed by atoms with Crippen molar-refractivity contribution in [3.05, 3.63) is 94.3 Å². The zero-order valence-electron chi connectivity index (χ0n) is 17.4. The molecular weight excluding hydrogens is 444 g/mol. The highest BCUT2D eigenvalue weighted by Crippen LogP contribution is 2.42. The number of rotatable bonds is 4. The average Bonchev–Trinajstić information content (AvgIpc) is 3.09. The number of hydrogen-bond acceptors (Lipinski definition) is 6. The van der Waals surface area contributed by atoms with E-state index in [4.69, 9.17) is 21.1 Å². The molecule has 166 valence electrons. The Morgan fingerprint density at radius 3 is 2.55 bits per heavy atom. The predicted octanol–water partition coefficient (Wildman–Crippen LogP) is 4.13. The van der Waals surface area contributed by atoms with Crippen molar-refractivity contribution >= 4 is 29.1 Å². The van der Waals surface area contributed by atoms with E-state index in [2.05, 4.69) is 4.98 Å². The summed E-state index contributed by atoms with van der Waals surface area (Å²) in [6.45, 7) is 0.982. The number of pyridine rings is 1. The number of halogens is 1. The fraction of sp³-hybridized carbons (Fsp3) is 0.160. The highest BCUT2D eigenvalue weighted by Gasteiger charge is 2.46. The Hall–Kier alpha value is -3.84. The Labute approximate surface area is 194 Å². The molecular formula is C25H19ClN2O5. The quantitative estimate of drug-likeness (QED) is 0.356. The molecule has 5 rings (SSSR count). The van der Waals surface area contributed by atoms with Crippen LogP contribution in [0.15, 0.2) is 72.6 Å². The van der Waals surface area contributed by atoms with Gasteiger partial charge in [-0.15, -0.1) is 0 Å². The van der Waals surface area contributed by atoms with Gasteiger partial charge < -0.3 is 19.5 Å². The lowest BCUT2D eigenvalue weighted by Crippen LogP contribution is -2.29. The first-order valence-electron chi connectivity index (χ1n) is 10.4. The monoisotopic (exact) mass is 462 g/mol. The van der Waals surface area contributed by atoms with E-state index in [0.717, 1.165) is 5.56 Å². The average molecular weight is 463 g/mol. The minimum absolute atomic E-state index is 0.00268. The van der Waals surface area contributed by atoms with Gasteiger partial charge in [-0.2, -0.15) is 0 Å². The van der Waals surface area contributed by atoms with Crippen LogP contribution in [0.3, 0.4) is 0 Å². The van der Waals surface area contributed by atoms with Crippen molar-refractivity contribution in [3.63, 3.8) is 0 Å². The minimum atomic E-state index is -0.796. The molecule has 3 heterocycles. The highest BCUT2D eigenvalue weighted by atomic mass is 35.5. The number of likely N-dealkylation sites (tertiary alicyclic amines) is 1. The van der Waals surface area contributed by atoms with E-state index in [1.807, 2.05) is 6.07 Å². The molecule has 1 N–H and O–H groups in total. The fourth-order valence-corrected chi connectivity index (χ4v) is 4.20. The SMILES string of the molecule is O=C1C(=O)N(Cc2cccnc2)[C@@H](c2ccc(Cl)cc2)C1=C(O)c1ccc2c(c1)OCCO2. The van der Waals surface area contributed by atoms with Crippen molar-refractivity contribution in [2.75, 3.05) is 13.2 Å². The molecule has 0 radical (unpaired) electrons. The third-order valence-corrected chi connectivity index (χ3v) is 5.87. The normalized spacial score (nSPS) is 19.1. The summed E-state index contributed by atoms with van der Waals surface area (Å²) in [5.41, 5.74) is 1.78. The molecule has 2 aliphatic heterocycles. The molecule has 2 aliphatic rings.